The smallest absolute Gasteiger partial charge is 0.326 e. The first-order valence-electron chi connectivity index (χ1n) is 7.89. The molecular formula is C15H29N3O2. The lowest BCUT2D eigenvalue weighted by molar-refractivity contribution is -0.148. The van der Waals surface area contributed by atoms with Gasteiger partial charge in [0.15, 0.2) is 0 Å². The fourth-order valence-electron chi connectivity index (χ4n) is 3.71. The molecule has 0 aromatic heterocycles. The van der Waals surface area contributed by atoms with Gasteiger partial charge in [0.2, 0.25) is 0 Å². The molecule has 0 bridgehead atoms. The van der Waals surface area contributed by atoms with E-state index in [1.54, 1.807) is 0 Å². The van der Waals surface area contributed by atoms with Crippen LogP contribution in [0.15, 0.2) is 0 Å². The zero-order valence-corrected chi connectivity index (χ0v) is 13.2. The van der Waals surface area contributed by atoms with Crippen LogP contribution in [0.5, 0.6) is 0 Å². The molecule has 1 aliphatic heterocycles. The fourth-order valence-corrected chi connectivity index (χ4v) is 3.71. The summed E-state index contributed by atoms with van der Waals surface area (Å²) in [5.41, 5.74) is -0.458. The van der Waals surface area contributed by atoms with Crippen LogP contribution in [-0.4, -0.2) is 74.2 Å². The van der Waals surface area contributed by atoms with Gasteiger partial charge < -0.3 is 15.0 Å². The third-order valence-electron chi connectivity index (χ3n) is 5.01. The number of ether oxygens (including phenoxy) is 1. The Morgan fingerprint density at radius 2 is 2.05 bits per heavy atom. The molecule has 2 unspecified atom stereocenters. The Labute approximate surface area is 122 Å². The molecule has 20 heavy (non-hydrogen) atoms. The maximum Gasteiger partial charge on any atom is 0.326 e. The second-order valence-corrected chi connectivity index (χ2v) is 6.10. The van der Waals surface area contributed by atoms with Gasteiger partial charge in [-0.3, -0.25) is 9.69 Å². The van der Waals surface area contributed by atoms with Gasteiger partial charge in [0.05, 0.1) is 7.11 Å². The first kappa shape index (κ1) is 15.7. The summed E-state index contributed by atoms with van der Waals surface area (Å²) in [6.45, 7) is 8.03. The normalized spacial score (nSPS) is 32.5. The van der Waals surface area contributed by atoms with Crippen molar-refractivity contribution in [2.24, 2.45) is 0 Å². The average molecular weight is 283 g/mol. The predicted octanol–water partition coefficient (Wildman–Crippen LogP) is 0.698. The first-order chi connectivity index (χ1) is 9.65. The number of rotatable bonds is 5. The highest BCUT2D eigenvalue weighted by molar-refractivity contribution is 5.81. The lowest BCUT2D eigenvalue weighted by Crippen LogP contribution is -2.53. The van der Waals surface area contributed by atoms with E-state index in [-0.39, 0.29) is 5.97 Å². The van der Waals surface area contributed by atoms with E-state index in [1.165, 1.54) is 20.1 Å². The van der Waals surface area contributed by atoms with Crippen LogP contribution in [0, 0.1) is 0 Å². The largest absolute Gasteiger partial charge is 0.468 e. The van der Waals surface area contributed by atoms with E-state index < -0.39 is 5.54 Å². The fraction of sp³-hybridized carbons (Fsp3) is 0.933. The van der Waals surface area contributed by atoms with Crippen LogP contribution in [0.1, 0.15) is 32.6 Å². The van der Waals surface area contributed by atoms with Gasteiger partial charge in [-0.1, -0.05) is 6.92 Å². The van der Waals surface area contributed by atoms with Gasteiger partial charge in [0.1, 0.15) is 5.54 Å². The molecule has 5 nitrogen and oxygen atoms in total. The summed E-state index contributed by atoms with van der Waals surface area (Å²) in [5.74, 6) is -0.105. The monoisotopic (exact) mass is 283 g/mol. The van der Waals surface area contributed by atoms with Gasteiger partial charge in [0.25, 0.3) is 0 Å². The maximum atomic E-state index is 12.0. The third kappa shape index (κ3) is 3.15. The summed E-state index contributed by atoms with van der Waals surface area (Å²) >= 11 is 0. The number of hydrogen-bond acceptors (Lipinski definition) is 5. The summed E-state index contributed by atoms with van der Waals surface area (Å²) in [6, 6.07) is 0.519. The van der Waals surface area contributed by atoms with Crippen LogP contribution in [0.3, 0.4) is 0 Å². The molecule has 0 aromatic carbocycles. The van der Waals surface area contributed by atoms with E-state index in [0.717, 1.165) is 45.4 Å². The first-order valence-corrected chi connectivity index (χ1v) is 7.89. The van der Waals surface area contributed by atoms with Crippen molar-refractivity contribution in [3.8, 4) is 0 Å². The summed E-state index contributed by atoms with van der Waals surface area (Å²) in [6.07, 6.45) is 4.08. The van der Waals surface area contributed by atoms with Gasteiger partial charge in [-0.2, -0.15) is 0 Å². The quantitative estimate of drug-likeness (QED) is 0.753. The molecule has 2 aliphatic rings. The molecule has 1 saturated carbocycles. The zero-order chi connectivity index (χ0) is 14.6. The molecule has 116 valence electrons. The number of esters is 1. The molecule has 5 heteroatoms. The Hall–Kier alpha value is -0.650. The molecule has 2 fully saturated rings. The van der Waals surface area contributed by atoms with Crippen LogP contribution in [-0.2, 0) is 9.53 Å². The zero-order valence-electron chi connectivity index (χ0n) is 13.2. The van der Waals surface area contributed by atoms with Gasteiger partial charge in [-0.05, 0) is 39.3 Å². The highest BCUT2D eigenvalue weighted by Crippen LogP contribution is 2.34. The van der Waals surface area contributed by atoms with E-state index >= 15 is 0 Å². The topological polar surface area (TPSA) is 44.8 Å². The minimum absolute atomic E-state index is 0.105. The molecular weight excluding hydrogens is 254 g/mol. The average Bonchev–Trinajstić information content (AvgIpc) is 2.93. The predicted molar refractivity (Wildman–Crippen MR) is 79.7 cm³/mol. The van der Waals surface area contributed by atoms with Crippen molar-refractivity contribution >= 4 is 5.97 Å². The van der Waals surface area contributed by atoms with Crippen molar-refractivity contribution in [2.75, 3.05) is 46.9 Å². The molecule has 1 heterocycles. The number of likely N-dealkylation sites (N-methyl/N-ethyl adjacent to an activating group) is 1. The van der Waals surface area contributed by atoms with E-state index in [4.69, 9.17) is 4.74 Å². The van der Waals surface area contributed by atoms with Crippen LogP contribution < -0.4 is 5.32 Å². The van der Waals surface area contributed by atoms with Crippen LogP contribution >= 0.6 is 0 Å². The number of carbonyl (C=O) groups is 1. The molecule has 1 N–H and O–H groups in total. The Morgan fingerprint density at radius 3 is 2.60 bits per heavy atom. The second-order valence-electron chi connectivity index (χ2n) is 6.10. The van der Waals surface area contributed by atoms with Crippen molar-refractivity contribution in [3.63, 3.8) is 0 Å². The maximum absolute atomic E-state index is 12.0. The minimum atomic E-state index is -0.458. The Morgan fingerprint density at radius 1 is 1.35 bits per heavy atom. The number of carbonyl (C=O) groups excluding carboxylic acids is 1. The number of nitrogens with zero attached hydrogens (tertiary/aromatic N) is 2. The number of methoxy groups -OCH3 is 1. The molecule has 0 amide bonds. The molecule has 0 radical (unpaired) electrons. The Bertz CT molecular complexity index is 329. The second kappa shape index (κ2) is 6.87. The van der Waals surface area contributed by atoms with E-state index in [1.807, 2.05) is 7.05 Å². The minimum Gasteiger partial charge on any atom is -0.468 e. The molecule has 0 aromatic rings. The SMILES string of the molecule is CCCN1CCN(C2CCC(NC)(C(=O)OC)C2)CC1. The van der Waals surface area contributed by atoms with Crippen molar-refractivity contribution in [1.82, 2.24) is 15.1 Å². The summed E-state index contributed by atoms with van der Waals surface area (Å²) in [7, 11) is 3.36. The lowest BCUT2D eigenvalue weighted by Gasteiger charge is -2.38. The van der Waals surface area contributed by atoms with E-state index in [2.05, 4.69) is 22.0 Å². The van der Waals surface area contributed by atoms with Gasteiger partial charge in [-0.25, -0.2) is 0 Å². The van der Waals surface area contributed by atoms with Crippen LogP contribution in [0.2, 0.25) is 0 Å². The molecule has 1 aliphatic carbocycles. The highest BCUT2D eigenvalue weighted by Gasteiger charge is 2.46. The number of piperazine rings is 1. The van der Waals surface area contributed by atoms with Gasteiger partial charge >= 0.3 is 5.97 Å². The molecule has 0 spiro atoms. The number of hydrogen-bond donors (Lipinski definition) is 1. The van der Waals surface area contributed by atoms with Crippen LogP contribution in [0.4, 0.5) is 0 Å². The Balaban J connectivity index is 1.88. The lowest BCUT2D eigenvalue weighted by atomic mass is 9.97. The van der Waals surface area contributed by atoms with Gasteiger partial charge in [0, 0.05) is 32.2 Å². The van der Waals surface area contributed by atoms with E-state index in [9.17, 15) is 4.79 Å². The standard InChI is InChI=1S/C15H29N3O2/c1-4-7-17-8-10-18(11-9-17)13-5-6-15(12-13,16-2)14(19)20-3/h13,16H,4-12H2,1-3H3. The highest BCUT2D eigenvalue weighted by atomic mass is 16.5. The molecule has 1 saturated heterocycles. The Kier molecular flexibility index (Phi) is 5.41. The summed E-state index contributed by atoms with van der Waals surface area (Å²) in [5, 5.41) is 3.21. The van der Waals surface area contributed by atoms with Crippen molar-refractivity contribution in [1.29, 1.82) is 0 Å². The van der Waals surface area contributed by atoms with Gasteiger partial charge in [-0.15, -0.1) is 0 Å². The molecule has 2 rings (SSSR count). The van der Waals surface area contributed by atoms with Crippen LogP contribution in [0.25, 0.3) is 0 Å². The number of nitrogens with one attached hydrogen (secondary N) is 1. The summed E-state index contributed by atoms with van der Waals surface area (Å²) < 4.78 is 4.98. The van der Waals surface area contributed by atoms with E-state index in [0.29, 0.717) is 6.04 Å². The summed E-state index contributed by atoms with van der Waals surface area (Å²) in [4.78, 5) is 17.1. The molecule has 2 atom stereocenters. The van der Waals surface area contributed by atoms with Crippen molar-refractivity contribution < 1.29 is 9.53 Å². The van der Waals surface area contributed by atoms with Crippen molar-refractivity contribution in [2.45, 2.75) is 44.2 Å². The van der Waals surface area contributed by atoms with Crippen molar-refractivity contribution in [3.05, 3.63) is 0 Å². The third-order valence-corrected chi connectivity index (χ3v) is 5.01.